The number of halogens is 3. The summed E-state index contributed by atoms with van der Waals surface area (Å²) in [6, 6.07) is 6.87. The minimum absolute atomic E-state index is 0.155. The molecule has 1 N–H and O–H groups in total. The SMILES string of the molecule is CC(C)(C)OC(=O)N[C@@H](COC(F)(F)F)C(=O)OCc1ccccc1. The number of nitrogens with one attached hydrogen (secondary N) is 1. The Bertz CT molecular complexity index is 569. The van der Waals surface area contributed by atoms with Crippen molar-refractivity contribution in [2.45, 2.75) is 45.4 Å². The second kappa shape index (κ2) is 8.70. The molecule has 0 fully saturated rings. The Morgan fingerprint density at radius 2 is 1.72 bits per heavy atom. The van der Waals surface area contributed by atoms with Crippen LogP contribution in [0.4, 0.5) is 18.0 Å². The maximum Gasteiger partial charge on any atom is 0.522 e. The van der Waals surface area contributed by atoms with Gasteiger partial charge in [-0.2, -0.15) is 0 Å². The van der Waals surface area contributed by atoms with Crippen molar-refractivity contribution in [3.8, 4) is 0 Å². The quantitative estimate of drug-likeness (QED) is 0.786. The molecule has 0 spiro atoms. The zero-order valence-electron chi connectivity index (χ0n) is 14.1. The van der Waals surface area contributed by atoms with Crippen LogP contribution in [-0.4, -0.2) is 36.7 Å². The first-order valence-electron chi connectivity index (χ1n) is 7.37. The third kappa shape index (κ3) is 9.55. The highest BCUT2D eigenvalue weighted by Crippen LogP contribution is 2.17. The van der Waals surface area contributed by atoms with Gasteiger partial charge in [-0.3, -0.25) is 4.74 Å². The van der Waals surface area contributed by atoms with Gasteiger partial charge in [-0.25, -0.2) is 9.59 Å². The Hall–Kier alpha value is -2.29. The topological polar surface area (TPSA) is 73.9 Å². The van der Waals surface area contributed by atoms with Crippen molar-refractivity contribution in [3.63, 3.8) is 0 Å². The highest BCUT2D eigenvalue weighted by Gasteiger charge is 2.34. The van der Waals surface area contributed by atoms with Gasteiger partial charge in [-0.15, -0.1) is 13.2 Å². The number of hydrogen-bond donors (Lipinski definition) is 1. The maximum absolute atomic E-state index is 12.2. The minimum Gasteiger partial charge on any atom is -0.459 e. The first kappa shape index (κ1) is 20.8. The molecular weight excluding hydrogens is 343 g/mol. The summed E-state index contributed by atoms with van der Waals surface area (Å²) in [7, 11) is 0. The molecule has 1 rings (SSSR count). The van der Waals surface area contributed by atoms with Gasteiger partial charge in [0.2, 0.25) is 0 Å². The van der Waals surface area contributed by atoms with Crippen molar-refractivity contribution < 1.29 is 37.0 Å². The average molecular weight is 363 g/mol. The number of amides is 1. The average Bonchev–Trinajstić information content (AvgIpc) is 2.47. The van der Waals surface area contributed by atoms with Crippen LogP contribution in [0.3, 0.4) is 0 Å². The van der Waals surface area contributed by atoms with E-state index < -0.39 is 36.7 Å². The molecule has 0 saturated carbocycles. The van der Waals surface area contributed by atoms with Gasteiger partial charge >= 0.3 is 18.4 Å². The molecule has 0 unspecified atom stereocenters. The van der Waals surface area contributed by atoms with Crippen LogP contribution in [0.2, 0.25) is 0 Å². The fourth-order valence-corrected chi connectivity index (χ4v) is 1.63. The molecule has 1 aromatic rings. The summed E-state index contributed by atoms with van der Waals surface area (Å²) in [6.45, 7) is 3.43. The Labute approximate surface area is 143 Å². The lowest BCUT2D eigenvalue weighted by atomic mass is 10.2. The normalized spacial score (nSPS) is 13.0. The number of carbonyl (C=O) groups excluding carboxylic acids is 2. The van der Waals surface area contributed by atoms with Crippen LogP contribution in [0, 0.1) is 0 Å². The first-order valence-corrected chi connectivity index (χ1v) is 7.37. The van der Waals surface area contributed by atoms with Crippen LogP contribution in [0.5, 0.6) is 0 Å². The number of ether oxygens (including phenoxy) is 3. The van der Waals surface area contributed by atoms with Crippen molar-refractivity contribution in [1.29, 1.82) is 0 Å². The van der Waals surface area contributed by atoms with Gasteiger partial charge < -0.3 is 14.8 Å². The molecule has 1 amide bonds. The predicted octanol–water partition coefficient (Wildman–Crippen LogP) is 3.16. The van der Waals surface area contributed by atoms with Crippen molar-refractivity contribution >= 4 is 12.1 Å². The third-order valence-corrected chi connectivity index (χ3v) is 2.61. The number of hydrogen-bond acceptors (Lipinski definition) is 5. The van der Waals surface area contributed by atoms with E-state index in [-0.39, 0.29) is 6.61 Å². The number of benzene rings is 1. The van der Waals surface area contributed by atoms with Crippen LogP contribution in [0.25, 0.3) is 0 Å². The zero-order valence-corrected chi connectivity index (χ0v) is 14.1. The fraction of sp³-hybridized carbons (Fsp3) is 0.500. The summed E-state index contributed by atoms with van der Waals surface area (Å²) in [5.41, 5.74) is -0.239. The number of esters is 1. The van der Waals surface area contributed by atoms with E-state index >= 15 is 0 Å². The molecule has 25 heavy (non-hydrogen) atoms. The van der Waals surface area contributed by atoms with Crippen LogP contribution in [0.1, 0.15) is 26.3 Å². The van der Waals surface area contributed by atoms with Crippen molar-refractivity contribution in [2.24, 2.45) is 0 Å². The van der Waals surface area contributed by atoms with Crippen molar-refractivity contribution in [2.75, 3.05) is 6.61 Å². The molecule has 6 nitrogen and oxygen atoms in total. The summed E-state index contributed by atoms with van der Waals surface area (Å²) < 4.78 is 50.1. The lowest BCUT2D eigenvalue weighted by Gasteiger charge is -2.23. The lowest BCUT2D eigenvalue weighted by Crippen LogP contribution is -2.47. The molecule has 1 atom stereocenters. The lowest BCUT2D eigenvalue weighted by molar-refractivity contribution is -0.325. The number of alkyl carbamates (subject to hydrolysis) is 1. The van der Waals surface area contributed by atoms with Gasteiger partial charge in [-0.1, -0.05) is 30.3 Å². The standard InChI is InChI=1S/C16H20F3NO5/c1-15(2,3)25-14(22)20-12(10-24-16(17,18)19)13(21)23-9-11-7-5-4-6-8-11/h4-8,12H,9-10H2,1-3H3,(H,20,22)/t12-/m0/s1. The molecule has 0 aliphatic heterocycles. The first-order chi connectivity index (χ1) is 11.5. The molecule has 0 aliphatic rings. The van der Waals surface area contributed by atoms with E-state index in [2.05, 4.69) is 4.74 Å². The minimum atomic E-state index is -4.95. The monoisotopic (exact) mass is 363 g/mol. The fourth-order valence-electron chi connectivity index (χ4n) is 1.63. The van der Waals surface area contributed by atoms with Crippen LogP contribution < -0.4 is 5.32 Å². The van der Waals surface area contributed by atoms with Gasteiger partial charge in [0.15, 0.2) is 6.04 Å². The number of rotatable bonds is 6. The third-order valence-electron chi connectivity index (χ3n) is 2.61. The van der Waals surface area contributed by atoms with E-state index in [1.807, 2.05) is 5.32 Å². The maximum atomic E-state index is 12.2. The molecule has 0 aliphatic carbocycles. The summed E-state index contributed by atoms with van der Waals surface area (Å²) in [4.78, 5) is 23.7. The van der Waals surface area contributed by atoms with E-state index in [4.69, 9.17) is 9.47 Å². The van der Waals surface area contributed by atoms with Gasteiger partial charge in [0.1, 0.15) is 12.2 Å². The van der Waals surface area contributed by atoms with E-state index in [0.29, 0.717) is 5.56 Å². The van der Waals surface area contributed by atoms with Crippen molar-refractivity contribution in [3.05, 3.63) is 35.9 Å². The largest absolute Gasteiger partial charge is 0.522 e. The molecule has 1 aromatic carbocycles. The second-order valence-corrected chi connectivity index (χ2v) is 6.05. The summed E-state index contributed by atoms with van der Waals surface area (Å²) in [6.07, 6.45) is -6.01. The molecule has 0 heterocycles. The molecule has 0 radical (unpaired) electrons. The summed E-state index contributed by atoms with van der Waals surface area (Å²) in [5, 5.41) is 2.02. The summed E-state index contributed by atoms with van der Waals surface area (Å²) in [5.74, 6) is -1.07. The number of carbonyl (C=O) groups is 2. The van der Waals surface area contributed by atoms with Gasteiger partial charge in [0.25, 0.3) is 0 Å². The zero-order chi connectivity index (χ0) is 19.1. The van der Waals surface area contributed by atoms with Crippen LogP contribution >= 0.6 is 0 Å². The van der Waals surface area contributed by atoms with Crippen molar-refractivity contribution in [1.82, 2.24) is 5.32 Å². The molecule has 0 bridgehead atoms. The Morgan fingerprint density at radius 1 is 1.12 bits per heavy atom. The molecule has 0 aromatic heterocycles. The number of alkyl halides is 3. The predicted molar refractivity (Wildman–Crippen MR) is 81.4 cm³/mol. The molecule has 140 valence electrons. The van der Waals surface area contributed by atoms with E-state index in [1.165, 1.54) is 0 Å². The highest BCUT2D eigenvalue weighted by molar-refractivity contribution is 5.81. The summed E-state index contributed by atoms with van der Waals surface area (Å²) >= 11 is 0. The molecule has 9 heteroatoms. The van der Waals surface area contributed by atoms with Crippen LogP contribution in [0.15, 0.2) is 30.3 Å². The highest BCUT2D eigenvalue weighted by atomic mass is 19.4. The second-order valence-electron chi connectivity index (χ2n) is 6.05. The van der Waals surface area contributed by atoms with Gasteiger partial charge in [-0.05, 0) is 26.3 Å². The Kier molecular flexibility index (Phi) is 7.22. The van der Waals surface area contributed by atoms with E-state index in [1.54, 1.807) is 51.1 Å². The van der Waals surface area contributed by atoms with Crippen LogP contribution in [-0.2, 0) is 25.6 Å². The van der Waals surface area contributed by atoms with E-state index in [9.17, 15) is 22.8 Å². The Balaban J connectivity index is 2.68. The Morgan fingerprint density at radius 3 is 2.24 bits per heavy atom. The van der Waals surface area contributed by atoms with Gasteiger partial charge in [0, 0.05) is 0 Å². The van der Waals surface area contributed by atoms with Gasteiger partial charge in [0.05, 0.1) is 6.61 Å². The molecule has 0 saturated heterocycles. The van der Waals surface area contributed by atoms with E-state index in [0.717, 1.165) is 0 Å². The molecular formula is C16H20F3NO5. The smallest absolute Gasteiger partial charge is 0.459 e.